The first-order chi connectivity index (χ1) is 9.66. The number of nitrogens with zero attached hydrogens (tertiary/aromatic N) is 2. The largest absolute Gasteiger partial charge is 0.367 e. The summed E-state index contributed by atoms with van der Waals surface area (Å²) in [5.41, 5.74) is 0.620. The lowest BCUT2D eigenvalue weighted by Gasteiger charge is -2.08. The van der Waals surface area contributed by atoms with E-state index in [9.17, 15) is 4.79 Å². The van der Waals surface area contributed by atoms with Crippen molar-refractivity contribution in [3.05, 3.63) is 50.9 Å². The van der Waals surface area contributed by atoms with Gasteiger partial charge in [0.25, 0.3) is 5.91 Å². The van der Waals surface area contributed by atoms with E-state index in [0.717, 1.165) is 3.57 Å². The number of hydrogen-bond acceptors (Lipinski definition) is 4. The van der Waals surface area contributed by atoms with Gasteiger partial charge in [0.05, 0.1) is 11.8 Å². The molecular weight excluding hydrogens is 391 g/mol. The van der Waals surface area contributed by atoms with Gasteiger partial charge in [-0.15, -0.1) is 0 Å². The van der Waals surface area contributed by atoms with Crippen LogP contribution in [0.15, 0.2) is 36.8 Å². The SMILES string of the molecule is O=C(NCCNc1cnccn1)c1ccc(Cl)cc1I. The van der Waals surface area contributed by atoms with Crippen LogP contribution in [0.3, 0.4) is 0 Å². The zero-order valence-corrected chi connectivity index (χ0v) is 13.4. The first kappa shape index (κ1) is 15.0. The summed E-state index contributed by atoms with van der Waals surface area (Å²) in [6, 6.07) is 5.18. The predicted molar refractivity (Wildman–Crippen MR) is 87.0 cm³/mol. The van der Waals surface area contributed by atoms with Crippen molar-refractivity contribution in [1.82, 2.24) is 15.3 Å². The maximum Gasteiger partial charge on any atom is 0.252 e. The summed E-state index contributed by atoms with van der Waals surface area (Å²) in [6.45, 7) is 1.07. The lowest BCUT2D eigenvalue weighted by atomic mass is 10.2. The maximum absolute atomic E-state index is 12.0. The van der Waals surface area contributed by atoms with E-state index in [-0.39, 0.29) is 5.91 Å². The fourth-order valence-corrected chi connectivity index (χ4v) is 2.64. The molecule has 2 rings (SSSR count). The molecule has 20 heavy (non-hydrogen) atoms. The van der Waals surface area contributed by atoms with Crippen LogP contribution in [0.2, 0.25) is 5.02 Å². The molecule has 0 bridgehead atoms. The highest BCUT2D eigenvalue weighted by Gasteiger charge is 2.09. The smallest absolute Gasteiger partial charge is 0.252 e. The Morgan fingerprint density at radius 3 is 2.85 bits per heavy atom. The van der Waals surface area contributed by atoms with Gasteiger partial charge in [-0.3, -0.25) is 9.78 Å². The highest BCUT2D eigenvalue weighted by atomic mass is 127. The maximum atomic E-state index is 12.0. The quantitative estimate of drug-likeness (QED) is 0.596. The number of aromatic nitrogens is 2. The van der Waals surface area contributed by atoms with Gasteiger partial charge in [0.1, 0.15) is 5.82 Å². The molecule has 2 N–H and O–H groups in total. The van der Waals surface area contributed by atoms with Crippen LogP contribution in [0.4, 0.5) is 5.82 Å². The Hall–Kier alpha value is -1.41. The lowest BCUT2D eigenvalue weighted by molar-refractivity contribution is 0.0954. The third-order valence-corrected chi connectivity index (χ3v) is 3.58. The molecule has 5 nitrogen and oxygen atoms in total. The molecule has 1 aromatic carbocycles. The Labute approximate surface area is 135 Å². The molecule has 2 aromatic rings. The van der Waals surface area contributed by atoms with Gasteiger partial charge in [0, 0.05) is 34.1 Å². The summed E-state index contributed by atoms with van der Waals surface area (Å²) in [5, 5.41) is 6.52. The van der Waals surface area contributed by atoms with Gasteiger partial charge in [-0.2, -0.15) is 0 Å². The van der Waals surface area contributed by atoms with Crippen LogP contribution in [-0.2, 0) is 0 Å². The Morgan fingerprint density at radius 1 is 1.30 bits per heavy atom. The van der Waals surface area contributed by atoms with Gasteiger partial charge in [0.2, 0.25) is 0 Å². The number of nitrogens with one attached hydrogen (secondary N) is 2. The standard InChI is InChI=1S/C13H12ClIN4O/c14-9-1-2-10(11(15)7-9)13(20)19-6-5-18-12-8-16-3-4-17-12/h1-4,7-8H,5-6H2,(H,17,18)(H,19,20). The molecule has 0 saturated heterocycles. The van der Waals surface area contributed by atoms with Crippen molar-refractivity contribution in [2.75, 3.05) is 18.4 Å². The predicted octanol–water partition coefficient (Wildman–Crippen LogP) is 2.58. The number of anilines is 1. The Kier molecular flexibility index (Phi) is 5.54. The van der Waals surface area contributed by atoms with Crippen LogP contribution in [0.5, 0.6) is 0 Å². The Balaban J connectivity index is 1.80. The van der Waals surface area contributed by atoms with Crippen LogP contribution in [0.1, 0.15) is 10.4 Å². The summed E-state index contributed by atoms with van der Waals surface area (Å²) >= 11 is 7.95. The summed E-state index contributed by atoms with van der Waals surface area (Å²) in [6.07, 6.45) is 4.84. The highest BCUT2D eigenvalue weighted by Crippen LogP contribution is 2.17. The average molecular weight is 403 g/mol. The number of carbonyl (C=O) groups excluding carboxylic acids is 1. The minimum Gasteiger partial charge on any atom is -0.367 e. The summed E-state index contributed by atoms with van der Waals surface area (Å²) in [7, 11) is 0. The summed E-state index contributed by atoms with van der Waals surface area (Å²) in [4.78, 5) is 20.0. The minimum absolute atomic E-state index is 0.119. The molecule has 0 fully saturated rings. The van der Waals surface area contributed by atoms with E-state index in [1.165, 1.54) is 0 Å². The van der Waals surface area contributed by atoms with E-state index >= 15 is 0 Å². The zero-order valence-electron chi connectivity index (χ0n) is 10.4. The van der Waals surface area contributed by atoms with Gasteiger partial charge >= 0.3 is 0 Å². The molecule has 0 saturated carbocycles. The number of benzene rings is 1. The molecule has 0 spiro atoms. The first-order valence-electron chi connectivity index (χ1n) is 5.90. The third-order valence-electron chi connectivity index (χ3n) is 2.46. The van der Waals surface area contributed by atoms with Crippen LogP contribution >= 0.6 is 34.2 Å². The van der Waals surface area contributed by atoms with Gasteiger partial charge in [-0.1, -0.05) is 11.6 Å². The Morgan fingerprint density at radius 2 is 2.15 bits per heavy atom. The molecule has 0 atom stereocenters. The van der Waals surface area contributed by atoms with Crippen molar-refractivity contribution in [1.29, 1.82) is 0 Å². The fourth-order valence-electron chi connectivity index (χ4n) is 1.53. The molecular formula is C13H12ClIN4O. The van der Waals surface area contributed by atoms with Crippen LogP contribution in [0.25, 0.3) is 0 Å². The van der Waals surface area contributed by atoms with Crippen LogP contribution in [0, 0.1) is 3.57 Å². The monoisotopic (exact) mass is 402 g/mol. The van der Waals surface area contributed by atoms with Gasteiger partial charge in [0.15, 0.2) is 0 Å². The molecule has 0 aliphatic heterocycles. The third kappa shape index (κ3) is 4.31. The van der Waals surface area contributed by atoms with Crippen LogP contribution in [-0.4, -0.2) is 29.0 Å². The topological polar surface area (TPSA) is 66.9 Å². The highest BCUT2D eigenvalue weighted by molar-refractivity contribution is 14.1. The molecule has 0 aliphatic carbocycles. The Bertz CT molecular complexity index is 594. The minimum atomic E-state index is -0.119. The van der Waals surface area contributed by atoms with Crippen molar-refractivity contribution in [2.24, 2.45) is 0 Å². The molecule has 0 aliphatic rings. The molecule has 7 heteroatoms. The van der Waals surface area contributed by atoms with E-state index < -0.39 is 0 Å². The molecule has 0 radical (unpaired) electrons. The number of amides is 1. The van der Waals surface area contributed by atoms with Crippen molar-refractivity contribution >= 4 is 45.9 Å². The second-order valence-electron chi connectivity index (χ2n) is 3.90. The van der Waals surface area contributed by atoms with Crippen molar-refractivity contribution in [3.63, 3.8) is 0 Å². The number of halogens is 2. The molecule has 104 valence electrons. The normalized spacial score (nSPS) is 10.1. The van der Waals surface area contributed by atoms with Crippen molar-refractivity contribution in [2.45, 2.75) is 0 Å². The second-order valence-corrected chi connectivity index (χ2v) is 5.50. The number of hydrogen-bond donors (Lipinski definition) is 2. The lowest BCUT2D eigenvalue weighted by Crippen LogP contribution is -2.29. The van der Waals surface area contributed by atoms with E-state index in [0.29, 0.717) is 29.5 Å². The van der Waals surface area contributed by atoms with Crippen molar-refractivity contribution < 1.29 is 4.79 Å². The van der Waals surface area contributed by atoms with E-state index in [1.807, 2.05) is 0 Å². The number of carbonyl (C=O) groups is 1. The number of rotatable bonds is 5. The fraction of sp³-hybridized carbons (Fsp3) is 0.154. The van der Waals surface area contributed by atoms with Gasteiger partial charge < -0.3 is 10.6 Å². The molecule has 1 amide bonds. The van der Waals surface area contributed by atoms with E-state index in [1.54, 1.807) is 36.8 Å². The van der Waals surface area contributed by atoms with Crippen molar-refractivity contribution in [3.8, 4) is 0 Å². The average Bonchev–Trinajstić information content (AvgIpc) is 2.44. The molecule has 1 heterocycles. The first-order valence-corrected chi connectivity index (χ1v) is 7.35. The molecule has 1 aromatic heterocycles. The second kappa shape index (κ2) is 7.39. The summed E-state index contributed by atoms with van der Waals surface area (Å²) in [5.74, 6) is 0.565. The van der Waals surface area contributed by atoms with Crippen LogP contribution < -0.4 is 10.6 Å². The van der Waals surface area contributed by atoms with E-state index in [2.05, 4.69) is 43.2 Å². The zero-order chi connectivity index (χ0) is 14.4. The van der Waals surface area contributed by atoms with E-state index in [4.69, 9.17) is 11.6 Å². The summed E-state index contributed by atoms with van der Waals surface area (Å²) < 4.78 is 0.828. The van der Waals surface area contributed by atoms with Gasteiger partial charge in [-0.05, 0) is 40.8 Å². The van der Waals surface area contributed by atoms with Gasteiger partial charge in [-0.25, -0.2) is 4.98 Å². The molecule has 0 unspecified atom stereocenters.